The van der Waals surface area contributed by atoms with E-state index in [1.165, 1.54) is 12.1 Å². The van der Waals surface area contributed by atoms with Crippen LogP contribution in [-0.2, 0) is 16.6 Å². The molecule has 4 heterocycles. The molecule has 3 aromatic heterocycles. The van der Waals surface area contributed by atoms with Gasteiger partial charge in [-0.25, -0.2) is 17.5 Å². The van der Waals surface area contributed by atoms with Gasteiger partial charge in [0.2, 0.25) is 10.0 Å². The summed E-state index contributed by atoms with van der Waals surface area (Å²) in [5.41, 5.74) is 7.30. The first-order valence-corrected chi connectivity index (χ1v) is 16.4. The third-order valence-electron chi connectivity index (χ3n) is 7.92. The second kappa shape index (κ2) is 11.5. The number of H-pyrrole nitrogens is 2. The van der Waals surface area contributed by atoms with E-state index in [9.17, 15) is 12.8 Å². The van der Waals surface area contributed by atoms with Crippen molar-refractivity contribution in [2.45, 2.75) is 25.5 Å². The lowest BCUT2D eigenvalue weighted by Crippen LogP contribution is -2.34. The molecule has 0 amide bonds. The van der Waals surface area contributed by atoms with Crippen molar-refractivity contribution in [2.75, 3.05) is 19.3 Å². The van der Waals surface area contributed by atoms with E-state index < -0.39 is 15.8 Å². The molecule has 4 N–H and O–H groups in total. The van der Waals surface area contributed by atoms with Gasteiger partial charge < -0.3 is 15.0 Å². The van der Waals surface area contributed by atoms with E-state index in [2.05, 4.69) is 36.3 Å². The van der Waals surface area contributed by atoms with Gasteiger partial charge in [0.25, 0.3) is 0 Å². The highest BCUT2D eigenvalue weighted by molar-refractivity contribution is 7.88. The van der Waals surface area contributed by atoms with Crippen molar-refractivity contribution in [3.63, 3.8) is 0 Å². The number of hydrogen-bond acceptors (Lipinski definition) is 6. The third kappa shape index (κ3) is 5.94. The van der Waals surface area contributed by atoms with Gasteiger partial charge in [0, 0.05) is 34.6 Å². The van der Waals surface area contributed by atoms with E-state index in [1.54, 1.807) is 12.3 Å². The number of aromatic amines is 2. The second-order valence-electron chi connectivity index (χ2n) is 11.2. The molecule has 0 bridgehead atoms. The van der Waals surface area contributed by atoms with Gasteiger partial charge >= 0.3 is 0 Å². The van der Waals surface area contributed by atoms with Crippen LogP contribution < -0.4 is 14.8 Å². The highest BCUT2D eigenvalue weighted by atomic mass is 32.2. The molecular weight excluding hydrogens is 579 g/mol. The molecule has 0 aliphatic carbocycles. The van der Waals surface area contributed by atoms with E-state index in [0.29, 0.717) is 11.1 Å². The quantitative estimate of drug-likeness (QED) is 0.174. The number of pyridine rings is 1. The molecule has 11 heteroatoms. The summed E-state index contributed by atoms with van der Waals surface area (Å²) < 4.78 is 46.5. The molecule has 1 aliphatic rings. The molecule has 44 heavy (non-hydrogen) atoms. The van der Waals surface area contributed by atoms with Gasteiger partial charge in [-0.1, -0.05) is 18.2 Å². The number of ether oxygens (including phenoxy) is 1. The molecule has 0 saturated carbocycles. The minimum absolute atomic E-state index is 0.00215. The zero-order chi connectivity index (χ0) is 30.3. The van der Waals surface area contributed by atoms with Crippen molar-refractivity contribution >= 4 is 31.8 Å². The summed E-state index contributed by atoms with van der Waals surface area (Å²) in [6, 6.07) is 20.6. The van der Waals surface area contributed by atoms with Crippen molar-refractivity contribution in [1.82, 2.24) is 30.2 Å². The van der Waals surface area contributed by atoms with E-state index in [0.717, 1.165) is 87.8 Å². The van der Waals surface area contributed by atoms with Gasteiger partial charge in [-0.2, -0.15) is 5.10 Å². The number of piperidine rings is 1. The van der Waals surface area contributed by atoms with E-state index in [1.807, 2.05) is 48.7 Å². The molecule has 0 atom stereocenters. The van der Waals surface area contributed by atoms with Crippen molar-refractivity contribution in [3.8, 4) is 39.4 Å². The number of hydrogen-bond donors (Lipinski definition) is 4. The van der Waals surface area contributed by atoms with Crippen LogP contribution in [0.5, 0.6) is 5.75 Å². The van der Waals surface area contributed by atoms with Gasteiger partial charge in [0.1, 0.15) is 23.4 Å². The average molecular weight is 611 g/mol. The fourth-order valence-corrected chi connectivity index (χ4v) is 6.23. The Labute approximate surface area is 253 Å². The maximum atomic E-state index is 14.6. The van der Waals surface area contributed by atoms with E-state index >= 15 is 0 Å². The fourth-order valence-electron chi connectivity index (χ4n) is 5.80. The van der Waals surface area contributed by atoms with Crippen molar-refractivity contribution in [1.29, 1.82) is 0 Å². The molecule has 7 rings (SSSR count). The van der Waals surface area contributed by atoms with Crippen LogP contribution in [0.4, 0.5) is 4.39 Å². The first kappa shape index (κ1) is 28.2. The Bertz CT molecular complexity index is 2100. The average Bonchev–Trinajstić information content (AvgIpc) is 3.64. The molecule has 0 spiro atoms. The Hall–Kier alpha value is -4.58. The Morgan fingerprint density at radius 2 is 1.80 bits per heavy atom. The van der Waals surface area contributed by atoms with Gasteiger partial charge in [-0.05, 0) is 96.7 Å². The van der Waals surface area contributed by atoms with Gasteiger partial charge in [-0.3, -0.25) is 10.1 Å². The summed E-state index contributed by atoms with van der Waals surface area (Å²) >= 11 is 0. The standard InChI is InChI=1S/C33H31FN6O3S/c1-44(41,42)37-17-20-11-22(13-24(34)12-20)27-3-2-4-30-28(27)16-32(38-30)33-29-15-21(5-6-31(29)39-40-33)23-14-26(19-36-18-23)43-25-7-9-35-10-8-25/h2-6,11-16,18-19,25,35,37-38H,7-10,17H2,1H3,(H,39,40). The molecule has 224 valence electrons. The van der Waals surface area contributed by atoms with E-state index in [-0.39, 0.29) is 12.6 Å². The summed E-state index contributed by atoms with van der Waals surface area (Å²) in [4.78, 5) is 7.93. The normalized spacial score (nSPS) is 14.4. The summed E-state index contributed by atoms with van der Waals surface area (Å²) in [7, 11) is -3.42. The lowest BCUT2D eigenvalue weighted by atomic mass is 9.99. The first-order chi connectivity index (χ1) is 21.3. The van der Waals surface area contributed by atoms with Crippen LogP contribution in [0.25, 0.3) is 55.4 Å². The molecule has 1 aliphatic heterocycles. The number of sulfonamides is 1. The van der Waals surface area contributed by atoms with Crippen LogP contribution in [0.15, 0.2) is 79.1 Å². The maximum Gasteiger partial charge on any atom is 0.209 e. The summed E-state index contributed by atoms with van der Waals surface area (Å²) in [5.74, 6) is 0.323. The number of rotatable bonds is 8. The summed E-state index contributed by atoms with van der Waals surface area (Å²) in [5, 5.41) is 13.0. The highest BCUT2D eigenvalue weighted by Gasteiger charge is 2.17. The fraction of sp³-hybridized carbons (Fsp3) is 0.212. The van der Waals surface area contributed by atoms with Crippen LogP contribution >= 0.6 is 0 Å². The maximum absolute atomic E-state index is 14.6. The van der Waals surface area contributed by atoms with Crippen LogP contribution in [0, 0.1) is 5.82 Å². The van der Waals surface area contributed by atoms with Gasteiger partial charge in [-0.15, -0.1) is 0 Å². The Morgan fingerprint density at radius 3 is 2.64 bits per heavy atom. The van der Waals surface area contributed by atoms with Gasteiger partial charge in [0.15, 0.2) is 0 Å². The molecule has 3 aromatic carbocycles. The van der Waals surface area contributed by atoms with Crippen LogP contribution in [0.1, 0.15) is 18.4 Å². The van der Waals surface area contributed by atoms with Crippen molar-refractivity contribution in [2.24, 2.45) is 0 Å². The van der Waals surface area contributed by atoms with Crippen molar-refractivity contribution < 1.29 is 17.5 Å². The molecule has 1 saturated heterocycles. The predicted octanol–water partition coefficient (Wildman–Crippen LogP) is 5.76. The Balaban J connectivity index is 1.23. The number of nitrogens with one attached hydrogen (secondary N) is 4. The topological polar surface area (TPSA) is 125 Å². The summed E-state index contributed by atoms with van der Waals surface area (Å²) in [6.07, 6.45) is 6.81. The number of fused-ring (bicyclic) bond motifs is 2. The second-order valence-corrected chi connectivity index (χ2v) is 13.0. The minimum atomic E-state index is -3.42. The zero-order valence-corrected chi connectivity index (χ0v) is 24.8. The molecule has 9 nitrogen and oxygen atoms in total. The number of halogens is 1. The monoisotopic (exact) mass is 610 g/mol. The SMILES string of the molecule is CS(=O)(=O)NCc1cc(F)cc(-c2cccc3[nH]c(-c4n[nH]c5ccc(-c6cncc(OC7CCNCC7)c6)cc45)cc23)c1. The Kier molecular flexibility index (Phi) is 7.37. The predicted molar refractivity (Wildman–Crippen MR) is 170 cm³/mol. The number of benzene rings is 3. The van der Waals surface area contributed by atoms with E-state index in [4.69, 9.17) is 4.74 Å². The molecular formula is C33H31FN6O3S. The zero-order valence-electron chi connectivity index (χ0n) is 24.0. The number of nitrogens with zero attached hydrogens (tertiary/aromatic N) is 2. The largest absolute Gasteiger partial charge is 0.489 e. The lowest BCUT2D eigenvalue weighted by Gasteiger charge is -2.23. The van der Waals surface area contributed by atoms with Crippen molar-refractivity contribution in [3.05, 3.63) is 90.5 Å². The molecule has 0 radical (unpaired) electrons. The summed E-state index contributed by atoms with van der Waals surface area (Å²) in [6.45, 7) is 1.92. The number of aromatic nitrogens is 4. The first-order valence-electron chi connectivity index (χ1n) is 14.5. The van der Waals surface area contributed by atoms with Crippen LogP contribution in [0.3, 0.4) is 0 Å². The van der Waals surface area contributed by atoms with Crippen LogP contribution in [0.2, 0.25) is 0 Å². The highest BCUT2D eigenvalue weighted by Crippen LogP contribution is 2.36. The molecule has 1 fully saturated rings. The van der Waals surface area contributed by atoms with Gasteiger partial charge in [0.05, 0.1) is 23.7 Å². The Morgan fingerprint density at radius 1 is 0.932 bits per heavy atom. The smallest absolute Gasteiger partial charge is 0.209 e. The molecule has 6 aromatic rings. The van der Waals surface area contributed by atoms with Crippen LogP contribution in [-0.4, -0.2) is 54.0 Å². The molecule has 0 unspecified atom stereocenters. The third-order valence-corrected chi connectivity index (χ3v) is 8.59. The minimum Gasteiger partial charge on any atom is -0.489 e. The lowest BCUT2D eigenvalue weighted by molar-refractivity contribution is 0.162.